The summed E-state index contributed by atoms with van der Waals surface area (Å²) in [6.45, 7) is 4.83. The molecule has 1 N–H and O–H groups in total. The van der Waals surface area contributed by atoms with Gasteiger partial charge in [0.25, 0.3) is 0 Å². The monoisotopic (exact) mass is 244 g/mol. The molecule has 0 fully saturated rings. The van der Waals surface area contributed by atoms with Crippen molar-refractivity contribution in [3.8, 4) is 11.6 Å². The van der Waals surface area contributed by atoms with Crippen LogP contribution in [-0.2, 0) is 0 Å². The number of aromatic nitrogens is 3. The maximum atomic E-state index is 5.68. The fourth-order valence-electron chi connectivity index (χ4n) is 1.41. The highest BCUT2D eigenvalue weighted by atomic mass is 16.5. The molecule has 0 aromatic carbocycles. The van der Waals surface area contributed by atoms with Gasteiger partial charge >= 0.3 is 0 Å². The zero-order valence-corrected chi connectivity index (χ0v) is 10.6. The van der Waals surface area contributed by atoms with E-state index < -0.39 is 0 Å². The molecule has 2 aromatic rings. The number of hydrogen-bond acceptors (Lipinski definition) is 5. The Morgan fingerprint density at radius 3 is 2.89 bits per heavy atom. The van der Waals surface area contributed by atoms with E-state index in [0.717, 1.165) is 18.7 Å². The average Bonchev–Trinajstić information content (AvgIpc) is 2.40. The Labute approximate surface area is 106 Å². The fraction of sp³-hybridized carbons (Fsp3) is 0.308. The highest BCUT2D eigenvalue weighted by molar-refractivity contribution is 5.32. The van der Waals surface area contributed by atoms with Gasteiger partial charge in [-0.1, -0.05) is 6.92 Å². The summed E-state index contributed by atoms with van der Waals surface area (Å²) in [5, 5.41) is 3.12. The molecule has 0 amide bonds. The molecule has 0 saturated heterocycles. The van der Waals surface area contributed by atoms with Crippen LogP contribution in [0, 0.1) is 6.92 Å². The molecule has 0 aliphatic heterocycles. The summed E-state index contributed by atoms with van der Waals surface area (Å²) in [6, 6.07) is 5.42. The largest absolute Gasteiger partial charge is 0.437 e. The normalized spacial score (nSPS) is 10.1. The molecule has 0 saturated carbocycles. The van der Waals surface area contributed by atoms with Crippen LogP contribution in [0.4, 0.5) is 5.95 Å². The third kappa shape index (κ3) is 3.16. The fourth-order valence-corrected chi connectivity index (χ4v) is 1.41. The number of nitrogens with zero attached hydrogens (tertiary/aromatic N) is 3. The first kappa shape index (κ1) is 12.3. The smallest absolute Gasteiger partial charge is 0.225 e. The van der Waals surface area contributed by atoms with Crippen LogP contribution in [0.5, 0.6) is 11.6 Å². The Morgan fingerprint density at radius 2 is 2.11 bits per heavy atom. The van der Waals surface area contributed by atoms with E-state index in [1.807, 2.05) is 19.1 Å². The van der Waals surface area contributed by atoms with E-state index in [1.54, 1.807) is 18.5 Å². The minimum atomic E-state index is 0.514. The van der Waals surface area contributed by atoms with Gasteiger partial charge in [-0.3, -0.25) is 4.98 Å². The number of anilines is 1. The summed E-state index contributed by atoms with van der Waals surface area (Å²) >= 11 is 0. The number of rotatable bonds is 5. The number of hydrogen-bond donors (Lipinski definition) is 1. The van der Waals surface area contributed by atoms with E-state index in [-0.39, 0.29) is 0 Å². The molecule has 0 aliphatic rings. The number of ether oxygens (including phenoxy) is 1. The summed E-state index contributed by atoms with van der Waals surface area (Å²) in [6.07, 6.45) is 4.43. The highest BCUT2D eigenvalue weighted by Gasteiger charge is 2.04. The molecule has 0 atom stereocenters. The first-order valence-electron chi connectivity index (χ1n) is 5.96. The molecule has 5 nitrogen and oxygen atoms in total. The van der Waals surface area contributed by atoms with Gasteiger partial charge in [0.15, 0.2) is 5.75 Å². The minimum absolute atomic E-state index is 0.514. The van der Waals surface area contributed by atoms with Crippen molar-refractivity contribution in [2.45, 2.75) is 20.3 Å². The summed E-state index contributed by atoms with van der Waals surface area (Å²) in [5.74, 6) is 1.80. The highest BCUT2D eigenvalue weighted by Crippen LogP contribution is 2.21. The molecule has 2 rings (SSSR count). The van der Waals surface area contributed by atoms with Gasteiger partial charge in [-0.2, -0.15) is 4.98 Å². The summed E-state index contributed by atoms with van der Waals surface area (Å²) in [4.78, 5) is 12.6. The summed E-state index contributed by atoms with van der Waals surface area (Å²) in [5.41, 5.74) is 0.833. The van der Waals surface area contributed by atoms with E-state index in [9.17, 15) is 0 Å². The molecule has 18 heavy (non-hydrogen) atoms. The summed E-state index contributed by atoms with van der Waals surface area (Å²) < 4.78 is 5.68. The second kappa shape index (κ2) is 5.95. The lowest BCUT2D eigenvalue weighted by molar-refractivity contribution is 0.456. The van der Waals surface area contributed by atoms with Gasteiger partial charge in [0.2, 0.25) is 11.8 Å². The predicted molar refractivity (Wildman–Crippen MR) is 69.9 cm³/mol. The second-order valence-electron chi connectivity index (χ2n) is 3.83. The van der Waals surface area contributed by atoms with Crippen LogP contribution < -0.4 is 10.1 Å². The van der Waals surface area contributed by atoms with E-state index in [2.05, 4.69) is 27.2 Å². The Balaban J connectivity index is 2.12. The van der Waals surface area contributed by atoms with Crippen molar-refractivity contribution in [3.05, 3.63) is 36.3 Å². The molecule has 0 unspecified atom stereocenters. The average molecular weight is 244 g/mol. The molecular weight excluding hydrogens is 228 g/mol. The molecule has 0 spiro atoms. The molecule has 0 bridgehead atoms. The number of nitrogens with one attached hydrogen (secondary N) is 1. The maximum Gasteiger partial charge on any atom is 0.225 e. The van der Waals surface area contributed by atoms with Crippen LogP contribution >= 0.6 is 0 Å². The van der Waals surface area contributed by atoms with E-state index in [1.165, 1.54) is 0 Å². The molecular formula is C13H16N4O. The SMILES string of the molecule is CCCNc1nccc(Oc2cccnc2C)n1. The molecule has 94 valence electrons. The lowest BCUT2D eigenvalue weighted by atomic mass is 10.3. The van der Waals surface area contributed by atoms with E-state index >= 15 is 0 Å². The molecule has 0 radical (unpaired) electrons. The predicted octanol–water partition coefficient (Wildman–Crippen LogP) is 2.79. The van der Waals surface area contributed by atoms with Gasteiger partial charge in [0.1, 0.15) is 0 Å². The van der Waals surface area contributed by atoms with Gasteiger partial charge < -0.3 is 10.1 Å². The lowest BCUT2D eigenvalue weighted by Gasteiger charge is -2.08. The second-order valence-corrected chi connectivity index (χ2v) is 3.83. The van der Waals surface area contributed by atoms with Crippen LogP contribution in [-0.4, -0.2) is 21.5 Å². The zero-order valence-electron chi connectivity index (χ0n) is 10.6. The third-order valence-corrected chi connectivity index (χ3v) is 2.34. The Morgan fingerprint density at radius 1 is 1.22 bits per heavy atom. The van der Waals surface area contributed by atoms with Crippen molar-refractivity contribution in [1.82, 2.24) is 15.0 Å². The van der Waals surface area contributed by atoms with E-state index in [4.69, 9.17) is 4.74 Å². The standard InChI is InChI=1S/C13H16N4O/c1-3-7-15-13-16-9-6-12(17-13)18-11-5-4-8-14-10(11)2/h4-6,8-9H,3,7H2,1-2H3,(H,15,16,17). The first-order chi connectivity index (χ1) is 8.79. The van der Waals surface area contributed by atoms with Gasteiger partial charge in [-0.05, 0) is 25.5 Å². The van der Waals surface area contributed by atoms with Crippen LogP contribution in [0.1, 0.15) is 19.0 Å². The number of aryl methyl sites for hydroxylation is 1. The Bertz CT molecular complexity index is 516. The van der Waals surface area contributed by atoms with Gasteiger partial charge in [0.05, 0.1) is 5.69 Å². The van der Waals surface area contributed by atoms with Crippen LogP contribution in [0.2, 0.25) is 0 Å². The summed E-state index contributed by atoms with van der Waals surface area (Å²) in [7, 11) is 0. The van der Waals surface area contributed by atoms with Crippen molar-refractivity contribution in [2.75, 3.05) is 11.9 Å². The topological polar surface area (TPSA) is 59.9 Å². The first-order valence-corrected chi connectivity index (χ1v) is 5.96. The lowest BCUT2D eigenvalue weighted by Crippen LogP contribution is -2.04. The third-order valence-electron chi connectivity index (χ3n) is 2.34. The van der Waals surface area contributed by atoms with Crippen molar-refractivity contribution in [3.63, 3.8) is 0 Å². The van der Waals surface area contributed by atoms with Crippen molar-refractivity contribution < 1.29 is 4.74 Å². The zero-order chi connectivity index (χ0) is 12.8. The minimum Gasteiger partial charge on any atom is -0.437 e. The molecule has 2 aromatic heterocycles. The van der Waals surface area contributed by atoms with E-state index in [0.29, 0.717) is 17.6 Å². The quantitative estimate of drug-likeness (QED) is 0.876. The Kier molecular flexibility index (Phi) is 4.06. The Hall–Kier alpha value is -2.17. The van der Waals surface area contributed by atoms with Gasteiger partial charge in [-0.15, -0.1) is 0 Å². The van der Waals surface area contributed by atoms with Crippen molar-refractivity contribution in [1.29, 1.82) is 0 Å². The van der Waals surface area contributed by atoms with Crippen LogP contribution in [0.15, 0.2) is 30.6 Å². The van der Waals surface area contributed by atoms with Crippen molar-refractivity contribution in [2.24, 2.45) is 0 Å². The molecule has 2 heterocycles. The van der Waals surface area contributed by atoms with Crippen LogP contribution in [0.25, 0.3) is 0 Å². The van der Waals surface area contributed by atoms with Gasteiger partial charge in [-0.25, -0.2) is 4.98 Å². The maximum absolute atomic E-state index is 5.68. The van der Waals surface area contributed by atoms with Gasteiger partial charge in [0, 0.05) is 25.0 Å². The van der Waals surface area contributed by atoms with Crippen LogP contribution in [0.3, 0.4) is 0 Å². The number of pyridine rings is 1. The van der Waals surface area contributed by atoms with Crippen molar-refractivity contribution >= 4 is 5.95 Å². The molecule has 0 aliphatic carbocycles. The molecule has 5 heteroatoms.